The molecule has 0 aliphatic heterocycles. The second-order valence-corrected chi connectivity index (χ2v) is 6.97. The number of carbonyl (C=O) groups is 1. The van der Waals surface area contributed by atoms with E-state index in [9.17, 15) is 13.6 Å². The van der Waals surface area contributed by atoms with Crippen molar-refractivity contribution in [1.82, 2.24) is 4.98 Å². The molecule has 8 heteroatoms. The van der Waals surface area contributed by atoms with Crippen LogP contribution in [0.15, 0.2) is 46.3 Å². The van der Waals surface area contributed by atoms with Crippen LogP contribution in [0.5, 0.6) is 5.75 Å². The minimum absolute atomic E-state index is 0.0620. The molecule has 0 N–H and O–H groups in total. The summed E-state index contributed by atoms with van der Waals surface area (Å²) in [4.78, 5) is 16.4. The largest absolute Gasteiger partial charge is 0.496 e. The lowest BCUT2D eigenvalue weighted by Gasteiger charge is -2.06. The molecule has 0 fully saturated rings. The van der Waals surface area contributed by atoms with Crippen molar-refractivity contribution in [2.75, 3.05) is 7.11 Å². The standard InChI is InChI=1S/C18H12BrF2NO3S/c1-24-16-5-3-11(19)7-13(16)17-22-12(9-26-17)8-25-18(23)10-2-4-14(20)15(21)6-10/h2-7,9H,8H2,1H3. The first-order valence-corrected chi connectivity index (χ1v) is 9.05. The summed E-state index contributed by atoms with van der Waals surface area (Å²) >= 11 is 4.79. The Morgan fingerprint density at radius 1 is 1.19 bits per heavy atom. The van der Waals surface area contributed by atoms with Crippen molar-refractivity contribution in [3.8, 4) is 16.3 Å². The molecule has 26 heavy (non-hydrogen) atoms. The Kier molecular flexibility index (Phi) is 5.63. The summed E-state index contributed by atoms with van der Waals surface area (Å²) < 4.78 is 37.4. The number of nitrogens with zero attached hydrogens (tertiary/aromatic N) is 1. The van der Waals surface area contributed by atoms with Gasteiger partial charge in [-0.25, -0.2) is 18.6 Å². The number of methoxy groups -OCH3 is 1. The fourth-order valence-electron chi connectivity index (χ4n) is 2.19. The molecule has 3 aromatic rings. The first kappa shape index (κ1) is 18.5. The summed E-state index contributed by atoms with van der Waals surface area (Å²) in [6.07, 6.45) is 0. The van der Waals surface area contributed by atoms with Gasteiger partial charge in [-0.3, -0.25) is 0 Å². The van der Waals surface area contributed by atoms with E-state index in [1.54, 1.807) is 12.5 Å². The van der Waals surface area contributed by atoms with Crippen LogP contribution >= 0.6 is 27.3 Å². The average Bonchev–Trinajstić information content (AvgIpc) is 3.11. The number of aromatic nitrogens is 1. The Labute approximate surface area is 160 Å². The molecule has 0 radical (unpaired) electrons. The van der Waals surface area contributed by atoms with Crippen LogP contribution in [0.2, 0.25) is 0 Å². The van der Waals surface area contributed by atoms with Crippen molar-refractivity contribution < 1.29 is 23.0 Å². The normalized spacial score (nSPS) is 10.6. The molecule has 0 bridgehead atoms. The van der Waals surface area contributed by atoms with Gasteiger partial charge in [0.1, 0.15) is 17.4 Å². The minimum Gasteiger partial charge on any atom is -0.496 e. The quantitative estimate of drug-likeness (QED) is 0.511. The highest BCUT2D eigenvalue weighted by Gasteiger charge is 2.14. The van der Waals surface area contributed by atoms with E-state index in [-0.39, 0.29) is 12.2 Å². The lowest BCUT2D eigenvalue weighted by atomic mass is 10.2. The molecule has 0 saturated carbocycles. The monoisotopic (exact) mass is 439 g/mol. The summed E-state index contributed by atoms with van der Waals surface area (Å²) in [5.41, 5.74) is 1.29. The molecular formula is C18H12BrF2NO3S. The lowest BCUT2D eigenvalue weighted by Crippen LogP contribution is -2.06. The molecule has 1 heterocycles. The van der Waals surface area contributed by atoms with Gasteiger partial charge in [0.2, 0.25) is 0 Å². The molecule has 0 spiro atoms. The molecule has 0 atom stereocenters. The second-order valence-electron chi connectivity index (χ2n) is 5.19. The van der Waals surface area contributed by atoms with Gasteiger partial charge in [0.05, 0.1) is 23.9 Å². The number of carbonyl (C=O) groups excluding carboxylic acids is 1. The van der Waals surface area contributed by atoms with Crippen LogP contribution < -0.4 is 4.74 Å². The van der Waals surface area contributed by atoms with Crippen molar-refractivity contribution in [2.45, 2.75) is 6.61 Å². The molecule has 0 aliphatic carbocycles. The van der Waals surface area contributed by atoms with Gasteiger partial charge in [0, 0.05) is 9.85 Å². The zero-order valence-corrected chi connectivity index (χ0v) is 15.9. The smallest absolute Gasteiger partial charge is 0.338 e. The highest BCUT2D eigenvalue weighted by molar-refractivity contribution is 9.10. The van der Waals surface area contributed by atoms with E-state index in [1.165, 1.54) is 17.4 Å². The van der Waals surface area contributed by atoms with Crippen LogP contribution in [0, 0.1) is 11.6 Å². The summed E-state index contributed by atoms with van der Waals surface area (Å²) in [7, 11) is 1.57. The number of hydrogen-bond donors (Lipinski definition) is 0. The van der Waals surface area contributed by atoms with E-state index in [2.05, 4.69) is 20.9 Å². The number of benzene rings is 2. The van der Waals surface area contributed by atoms with Gasteiger partial charge < -0.3 is 9.47 Å². The number of rotatable bonds is 5. The van der Waals surface area contributed by atoms with Crippen molar-refractivity contribution in [3.05, 3.63) is 69.1 Å². The average molecular weight is 440 g/mol. The Morgan fingerprint density at radius 2 is 2.00 bits per heavy atom. The summed E-state index contributed by atoms with van der Waals surface area (Å²) in [6, 6.07) is 8.42. The maximum Gasteiger partial charge on any atom is 0.338 e. The molecule has 0 saturated heterocycles. The van der Waals surface area contributed by atoms with E-state index in [0.717, 1.165) is 22.2 Å². The van der Waals surface area contributed by atoms with Gasteiger partial charge in [0.25, 0.3) is 0 Å². The van der Waals surface area contributed by atoms with Gasteiger partial charge in [-0.05, 0) is 36.4 Å². The van der Waals surface area contributed by atoms with Gasteiger partial charge in [-0.2, -0.15) is 0 Å². The summed E-state index contributed by atoms with van der Waals surface area (Å²) in [5.74, 6) is -2.20. The maximum absolute atomic E-state index is 13.2. The highest BCUT2D eigenvalue weighted by Crippen LogP contribution is 2.34. The van der Waals surface area contributed by atoms with Crippen LogP contribution in [0.3, 0.4) is 0 Å². The Bertz CT molecular complexity index is 961. The SMILES string of the molecule is COc1ccc(Br)cc1-c1nc(COC(=O)c2ccc(F)c(F)c2)cs1. The van der Waals surface area contributed by atoms with Crippen LogP contribution in [-0.4, -0.2) is 18.1 Å². The van der Waals surface area contributed by atoms with Crippen LogP contribution in [0.1, 0.15) is 16.1 Å². The van der Waals surface area contributed by atoms with Gasteiger partial charge in [0.15, 0.2) is 11.6 Å². The third kappa shape index (κ3) is 4.08. The van der Waals surface area contributed by atoms with Crippen molar-refractivity contribution in [1.29, 1.82) is 0 Å². The van der Waals surface area contributed by atoms with Gasteiger partial charge in [-0.15, -0.1) is 11.3 Å². The molecule has 2 aromatic carbocycles. The van der Waals surface area contributed by atoms with E-state index in [4.69, 9.17) is 9.47 Å². The molecule has 1 aromatic heterocycles. The molecule has 134 valence electrons. The van der Waals surface area contributed by atoms with E-state index < -0.39 is 17.6 Å². The second kappa shape index (κ2) is 7.92. The van der Waals surface area contributed by atoms with Crippen molar-refractivity contribution >= 4 is 33.2 Å². The first-order chi connectivity index (χ1) is 12.5. The van der Waals surface area contributed by atoms with Gasteiger partial charge in [-0.1, -0.05) is 15.9 Å². The third-order valence-corrected chi connectivity index (χ3v) is 4.87. The van der Waals surface area contributed by atoms with Crippen LogP contribution in [0.4, 0.5) is 8.78 Å². The van der Waals surface area contributed by atoms with E-state index in [1.807, 2.05) is 18.2 Å². The molecule has 4 nitrogen and oxygen atoms in total. The predicted octanol–water partition coefficient (Wildman–Crippen LogP) is 5.22. The summed E-state index contributed by atoms with van der Waals surface area (Å²) in [6.45, 7) is -0.0787. The van der Waals surface area contributed by atoms with Crippen LogP contribution in [0.25, 0.3) is 10.6 Å². The highest BCUT2D eigenvalue weighted by atomic mass is 79.9. The van der Waals surface area contributed by atoms with Crippen LogP contribution in [-0.2, 0) is 11.3 Å². The third-order valence-electron chi connectivity index (χ3n) is 3.45. The molecule has 0 unspecified atom stereocenters. The predicted molar refractivity (Wildman–Crippen MR) is 97.3 cm³/mol. The number of hydrogen-bond acceptors (Lipinski definition) is 5. The lowest BCUT2D eigenvalue weighted by molar-refractivity contribution is 0.0468. The molecule has 0 aliphatic rings. The Morgan fingerprint density at radius 3 is 2.73 bits per heavy atom. The number of thiazole rings is 1. The number of esters is 1. The molecular weight excluding hydrogens is 428 g/mol. The summed E-state index contributed by atoms with van der Waals surface area (Å²) in [5, 5.41) is 2.47. The topological polar surface area (TPSA) is 48.4 Å². The molecule has 0 amide bonds. The minimum atomic E-state index is -1.10. The van der Waals surface area contributed by atoms with Crippen molar-refractivity contribution in [3.63, 3.8) is 0 Å². The fourth-order valence-corrected chi connectivity index (χ4v) is 3.38. The molecule has 3 rings (SSSR count). The van der Waals surface area contributed by atoms with Gasteiger partial charge >= 0.3 is 5.97 Å². The van der Waals surface area contributed by atoms with E-state index in [0.29, 0.717) is 16.5 Å². The Balaban J connectivity index is 1.72. The zero-order chi connectivity index (χ0) is 18.7. The van der Waals surface area contributed by atoms with E-state index >= 15 is 0 Å². The van der Waals surface area contributed by atoms with Crippen molar-refractivity contribution in [2.24, 2.45) is 0 Å². The maximum atomic E-state index is 13.2. The zero-order valence-electron chi connectivity index (χ0n) is 13.5. The first-order valence-electron chi connectivity index (χ1n) is 7.38. The Hall–Kier alpha value is -2.32. The number of halogens is 3. The number of ether oxygens (including phenoxy) is 2. The fraction of sp³-hybridized carbons (Fsp3) is 0.111.